The van der Waals surface area contributed by atoms with E-state index < -0.39 is 0 Å². The number of rotatable bonds is 9. The molecule has 4 rings (SSSR count). The maximum Gasteiger partial charge on any atom is 0.224 e. The van der Waals surface area contributed by atoms with Crippen LogP contribution in [-0.2, 0) is 11.2 Å². The molecule has 0 radical (unpaired) electrons. The van der Waals surface area contributed by atoms with Gasteiger partial charge in [0.25, 0.3) is 0 Å². The Balaban J connectivity index is 1.48. The number of amides is 1. The van der Waals surface area contributed by atoms with Crippen LogP contribution in [-0.4, -0.2) is 12.5 Å². The van der Waals surface area contributed by atoms with E-state index in [0.717, 1.165) is 18.5 Å². The van der Waals surface area contributed by atoms with Gasteiger partial charge in [0.15, 0.2) is 0 Å². The minimum absolute atomic E-state index is 0.128. The smallest absolute Gasteiger partial charge is 0.224 e. The molecule has 0 aliphatic heterocycles. The molecule has 4 aromatic rings. The van der Waals surface area contributed by atoms with E-state index in [1.165, 1.54) is 64.4 Å². The number of hydrogen-bond donors (Lipinski definition) is 1. The fourth-order valence-corrected chi connectivity index (χ4v) is 4.32. The zero-order valence-corrected chi connectivity index (χ0v) is 16.8. The summed E-state index contributed by atoms with van der Waals surface area (Å²) in [7, 11) is 0. The minimum atomic E-state index is 0.128. The molecule has 0 aliphatic rings. The second-order valence-electron chi connectivity index (χ2n) is 7.88. The number of benzene rings is 4. The number of nitrogens with one attached hydrogen (secondary N) is 1. The number of carbonyl (C=O) groups is 1. The van der Waals surface area contributed by atoms with Crippen molar-refractivity contribution in [3.05, 3.63) is 60.2 Å². The van der Waals surface area contributed by atoms with E-state index in [-0.39, 0.29) is 5.91 Å². The Labute approximate surface area is 167 Å². The third-order valence-corrected chi connectivity index (χ3v) is 5.82. The van der Waals surface area contributed by atoms with Gasteiger partial charge in [-0.1, -0.05) is 93.6 Å². The average molecular weight is 372 g/mol. The summed E-state index contributed by atoms with van der Waals surface area (Å²) in [6.45, 7) is 3.02. The largest absolute Gasteiger partial charge is 0.356 e. The molecule has 28 heavy (non-hydrogen) atoms. The van der Waals surface area contributed by atoms with Crippen LogP contribution in [0, 0.1) is 0 Å². The van der Waals surface area contributed by atoms with Crippen molar-refractivity contribution in [3.8, 4) is 0 Å². The fraction of sp³-hybridized carbons (Fsp3) is 0.346. The normalized spacial score (nSPS) is 11.6. The van der Waals surface area contributed by atoms with Gasteiger partial charge in [0, 0.05) is 6.54 Å². The first-order valence-electron chi connectivity index (χ1n) is 10.7. The molecule has 0 aromatic heterocycles. The van der Waals surface area contributed by atoms with Gasteiger partial charge in [-0.25, -0.2) is 0 Å². The standard InChI is InChI=1S/C26H29NO/c1-2-3-4-5-6-7-17-27-24(28)18-22-14-13-21-12-11-19-9-8-10-20-15-16-23(22)26(21)25(19)20/h8-16H,2-7,17-18H2,1H3,(H,27,28). The van der Waals surface area contributed by atoms with Crippen LogP contribution in [0.5, 0.6) is 0 Å². The predicted molar refractivity (Wildman–Crippen MR) is 120 cm³/mol. The first kappa shape index (κ1) is 18.7. The molecule has 1 N–H and O–H groups in total. The molecular weight excluding hydrogens is 342 g/mol. The van der Waals surface area contributed by atoms with Gasteiger partial charge in [-0.15, -0.1) is 0 Å². The van der Waals surface area contributed by atoms with E-state index in [9.17, 15) is 4.79 Å². The first-order chi connectivity index (χ1) is 13.8. The highest BCUT2D eigenvalue weighted by Gasteiger charge is 2.12. The zero-order valence-electron chi connectivity index (χ0n) is 16.8. The molecule has 0 heterocycles. The Kier molecular flexibility index (Phi) is 5.76. The van der Waals surface area contributed by atoms with Crippen molar-refractivity contribution in [1.29, 1.82) is 0 Å². The lowest BCUT2D eigenvalue weighted by atomic mass is 9.91. The summed E-state index contributed by atoms with van der Waals surface area (Å²) in [6.07, 6.45) is 7.92. The molecule has 0 atom stereocenters. The Hall–Kier alpha value is -2.61. The Bertz CT molecular complexity index is 1070. The topological polar surface area (TPSA) is 29.1 Å². The van der Waals surface area contributed by atoms with E-state index in [4.69, 9.17) is 0 Å². The lowest BCUT2D eigenvalue weighted by molar-refractivity contribution is -0.120. The second kappa shape index (κ2) is 8.60. The monoisotopic (exact) mass is 371 g/mol. The zero-order chi connectivity index (χ0) is 19.3. The molecule has 0 aliphatic carbocycles. The summed E-state index contributed by atoms with van der Waals surface area (Å²) in [5.74, 6) is 0.128. The van der Waals surface area contributed by atoms with Crippen LogP contribution >= 0.6 is 0 Å². The van der Waals surface area contributed by atoms with Gasteiger partial charge in [0.05, 0.1) is 6.42 Å². The van der Waals surface area contributed by atoms with Gasteiger partial charge >= 0.3 is 0 Å². The SMILES string of the molecule is CCCCCCCCNC(=O)Cc1ccc2ccc3cccc4ccc1c2c34. The summed E-state index contributed by atoms with van der Waals surface area (Å²) in [6, 6.07) is 19.5. The number of hydrogen-bond acceptors (Lipinski definition) is 1. The Morgan fingerprint density at radius 2 is 1.39 bits per heavy atom. The van der Waals surface area contributed by atoms with Crippen molar-refractivity contribution >= 4 is 38.2 Å². The molecule has 2 nitrogen and oxygen atoms in total. The van der Waals surface area contributed by atoms with Crippen LogP contribution in [0.1, 0.15) is 51.0 Å². The van der Waals surface area contributed by atoms with Crippen molar-refractivity contribution in [3.63, 3.8) is 0 Å². The molecule has 2 heteroatoms. The summed E-state index contributed by atoms with van der Waals surface area (Å²) in [5, 5.41) is 10.7. The van der Waals surface area contributed by atoms with Crippen molar-refractivity contribution < 1.29 is 4.79 Å². The average Bonchev–Trinajstić information content (AvgIpc) is 2.72. The molecule has 0 spiro atoms. The maximum atomic E-state index is 12.5. The highest BCUT2D eigenvalue weighted by atomic mass is 16.1. The van der Waals surface area contributed by atoms with Crippen molar-refractivity contribution in [2.75, 3.05) is 6.54 Å². The van der Waals surface area contributed by atoms with E-state index in [1.807, 2.05) is 0 Å². The lowest BCUT2D eigenvalue weighted by Gasteiger charge is -2.14. The van der Waals surface area contributed by atoms with Gasteiger partial charge < -0.3 is 5.32 Å². The van der Waals surface area contributed by atoms with E-state index in [0.29, 0.717) is 6.42 Å². The summed E-state index contributed by atoms with van der Waals surface area (Å²) >= 11 is 0. The number of carbonyl (C=O) groups excluding carboxylic acids is 1. The molecule has 0 fully saturated rings. The van der Waals surface area contributed by atoms with Crippen molar-refractivity contribution in [1.82, 2.24) is 5.32 Å². The Morgan fingerprint density at radius 1 is 0.750 bits per heavy atom. The van der Waals surface area contributed by atoms with Gasteiger partial charge in [-0.3, -0.25) is 4.79 Å². The highest BCUT2D eigenvalue weighted by molar-refractivity contribution is 6.23. The molecule has 144 valence electrons. The molecule has 0 unspecified atom stereocenters. The fourth-order valence-electron chi connectivity index (χ4n) is 4.32. The molecule has 1 amide bonds. The van der Waals surface area contributed by atoms with Crippen LogP contribution < -0.4 is 5.32 Å². The first-order valence-corrected chi connectivity index (χ1v) is 10.7. The summed E-state index contributed by atoms with van der Waals surface area (Å²) < 4.78 is 0. The summed E-state index contributed by atoms with van der Waals surface area (Å²) in [4.78, 5) is 12.5. The van der Waals surface area contributed by atoms with Crippen molar-refractivity contribution in [2.24, 2.45) is 0 Å². The lowest BCUT2D eigenvalue weighted by Crippen LogP contribution is -2.26. The van der Waals surface area contributed by atoms with Crippen LogP contribution in [0.2, 0.25) is 0 Å². The third-order valence-electron chi connectivity index (χ3n) is 5.82. The summed E-state index contributed by atoms with van der Waals surface area (Å²) in [5.41, 5.74) is 1.12. The maximum absolute atomic E-state index is 12.5. The molecule has 0 bridgehead atoms. The molecule has 0 saturated heterocycles. The van der Waals surface area contributed by atoms with E-state index >= 15 is 0 Å². The van der Waals surface area contributed by atoms with Gasteiger partial charge in [0.2, 0.25) is 5.91 Å². The third kappa shape index (κ3) is 3.82. The highest BCUT2D eigenvalue weighted by Crippen LogP contribution is 2.35. The van der Waals surface area contributed by atoms with Gasteiger partial charge in [-0.05, 0) is 44.3 Å². The Morgan fingerprint density at radius 3 is 2.18 bits per heavy atom. The van der Waals surface area contributed by atoms with Gasteiger partial charge in [0.1, 0.15) is 0 Å². The van der Waals surface area contributed by atoms with Crippen LogP contribution in [0.25, 0.3) is 32.3 Å². The van der Waals surface area contributed by atoms with E-state index in [1.54, 1.807) is 0 Å². The molecule has 0 saturated carbocycles. The number of unbranched alkanes of at least 4 members (excludes halogenated alkanes) is 5. The quantitative estimate of drug-likeness (QED) is 0.260. The molecular formula is C26H29NO. The van der Waals surface area contributed by atoms with Crippen LogP contribution in [0.15, 0.2) is 54.6 Å². The van der Waals surface area contributed by atoms with Crippen LogP contribution in [0.4, 0.5) is 0 Å². The van der Waals surface area contributed by atoms with Crippen LogP contribution in [0.3, 0.4) is 0 Å². The molecule has 4 aromatic carbocycles. The van der Waals surface area contributed by atoms with E-state index in [2.05, 4.69) is 66.8 Å². The van der Waals surface area contributed by atoms with Gasteiger partial charge in [-0.2, -0.15) is 0 Å². The van der Waals surface area contributed by atoms with Crippen molar-refractivity contribution in [2.45, 2.75) is 51.9 Å². The second-order valence-corrected chi connectivity index (χ2v) is 7.88. The predicted octanol–water partition coefficient (Wildman–Crippen LogP) is 6.60. The minimum Gasteiger partial charge on any atom is -0.356 e.